The fraction of sp³-hybridized carbons (Fsp3) is 0.292. The molecule has 8 nitrogen and oxygen atoms in total. The Hall–Kier alpha value is -3.99. The maximum absolute atomic E-state index is 12.3. The predicted molar refractivity (Wildman–Crippen MR) is 124 cm³/mol. The van der Waals surface area contributed by atoms with Crippen molar-refractivity contribution in [3.63, 3.8) is 0 Å². The molecule has 0 unspecified atom stereocenters. The Balaban J connectivity index is 1.91. The molecule has 2 rings (SSSR count). The molecule has 8 heteroatoms. The van der Waals surface area contributed by atoms with Gasteiger partial charge in [0.15, 0.2) is 11.5 Å². The third-order valence-electron chi connectivity index (χ3n) is 4.24. The van der Waals surface area contributed by atoms with Gasteiger partial charge in [0, 0.05) is 31.0 Å². The van der Waals surface area contributed by atoms with Crippen molar-refractivity contribution in [3.05, 3.63) is 59.8 Å². The third-order valence-corrected chi connectivity index (χ3v) is 4.24. The number of carbonyl (C=O) groups excluding carboxylic acids is 2. The minimum absolute atomic E-state index is 0.0439. The van der Waals surface area contributed by atoms with Gasteiger partial charge in [-0.1, -0.05) is 6.07 Å². The molecule has 2 aromatic carbocycles. The molecule has 0 aromatic heterocycles. The van der Waals surface area contributed by atoms with Gasteiger partial charge in [0.05, 0.1) is 13.2 Å². The van der Waals surface area contributed by atoms with Crippen LogP contribution in [-0.4, -0.2) is 31.6 Å². The van der Waals surface area contributed by atoms with Crippen molar-refractivity contribution in [1.29, 1.82) is 5.26 Å². The molecule has 0 heterocycles. The molecule has 0 aliphatic heterocycles. The van der Waals surface area contributed by atoms with Gasteiger partial charge >= 0.3 is 0 Å². The summed E-state index contributed by atoms with van der Waals surface area (Å²) >= 11 is 0. The summed E-state index contributed by atoms with van der Waals surface area (Å²) in [5.41, 5.74) is 2.13. The number of nitriles is 1. The summed E-state index contributed by atoms with van der Waals surface area (Å²) in [5.74, 6) is 0.706. The lowest BCUT2D eigenvalue weighted by Gasteiger charge is -2.12. The average molecular weight is 437 g/mol. The summed E-state index contributed by atoms with van der Waals surface area (Å²) in [6.07, 6.45) is 2.08. The van der Waals surface area contributed by atoms with Gasteiger partial charge in [-0.2, -0.15) is 5.26 Å². The molecule has 0 aliphatic rings. The molecule has 0 saturated carbocycles. The second kappa shape index (κ2) is 12.6. The van der Waals surface area contributed by atoms with Gasteiger partial charge in [0.2, 0.25) is 5.91 Å². The maximum atomic E-state index is 12.3. The first kappa shape index (κ1) is 24.3. The zero-order valence-corrected chi connectivity index (χ0v) is 18.5. The van der Waals surface area contributed by atoms with Gasteiger partial charge in [0.25, 0.3) is 5.91 Å². The maximum Gasteiger partial charge on any atom is 0.267 e. The standard InChI is InChI=1S/C24H28N4O4/c1-4-31-22-11-6-18(14-23(22)32-5-2)12-13-26-16-19(15-25)24(30)28-21-9-7-20(8-10-21)27-17(3)29/h6-11,14,16,26H,4-5,12-13H2,1-3H3,(H,27,29)(H,28,30)/b19-16-. The second-order valence-corrected chi connectivity index (χ2v) is 6.73. The molecule has 0 aliphatic carbocycles. The highest BCUT2D eigenvalue weighted by Gasteiger charge is 2.10. The first-order chi connectivity index (χ1) is 15.5. The van der Waals surface area contributed by atoms with E-state index >= 15 is 0 Å². The van der Waals surface area contributed by atoms with Crippen LogP contribution in [0.15, 0.2) is 54.2 Å². The summed E-state index contributed by atoms with van der Waals surface area (Å²) < 4.78 is 11.2. The largest absolute Gasteiger partial charge is 0.490 e. The summed E-state index contributed by atoms with van der Waals surface area (Å²) in [7, 11) is 0. The van der Waals surface area contributed by atoms with Crippen LogP contribution in [0.2, 0.25) is 0 Å². The molecular formula is C24H28N4O4. The number of amides is 2. The Bertz CT molecular complexity index is 994. The van der Waals surface area contributed by atoms with Crippen molar-refractivity contribution in [3.8, 4) is 17.6 Å². The van der Waals surface area contributed by atoms with Gasteiger partial charge in [-0.05, 0) is 62.2 Å². The molecule has 2 aromatic rings. The van der Waals surface area contributed by atoms with Crippen molar-refractivity contribution in [1.82, 2.24) is 5.32 Å². The molecule has 0 atom stereocenters. The number of anilines is 2. The van der Waals surface area contributed by atoms with Crippen molar-refractivity contribution in [2.45, 2.75) is 27.2 Å². The van der Waals surface area contributed by atoms with E-state index in [1.165, 1.54) is 13.1 Å². The fourth-order valence-corrected chi connectivity index (χ4v) is 2.83. The first-order valence-corrected chi connectivity index (χ1v) is 10.4. The molecule has 0 fully saturated rings. The van der Waals surface area contributed by atoms with E-state index in [2.05, 4.69) is 16.0 Å². The lowest BCUT2D eigenvalue weighted by atomic mass is 10.1. The van der Waals surface area contributed by atoms with Crippen LogP contribution in [0, 0.1) is 11.3 Å². The SMILES string of the molecule is CCOc1ccc(CCN/C=C(/C#N)C(=O)Nc2ccc(NC(C)=O)cc2)cc1OCC. The number of nitrogens with one attached hydrogen (secondary N) is 3. The average Bonchev–Trinajstić information content (AvgIpc) is 2.76. The van der Waals surface area contributed by atoms with E-state index in [1.807, 2.05) is 38.1 Å². The molecule has 0 bridgehead atoms. The van der Waals surface area contributed by atoms with E-state index in [9.17, 15) is 14.9 Å². The highest BCUT2D eigenvalue weighted by atomic mass is 16.5. The molecule has 3 N–H and O–H groups in total. The molecule has 32 heavy (non-hydrogen) atoms. The Kier molecular flexibility index (Phi) is 9.60. The van der Waals surface area contributed by atoms with Gasteiger partial charge in [-0.15, -0.1) is 0 Å². The van der Waals surface area contributed by atoms with Crippen LogP contribution in [0.25, 0.3) is 0 Å². The molecule has 0 spiro atoms. The van der Waals surface area contributed by atoms with Crippen LogP contribution in [0.5, 0.6) is 11.5 Å². The summed E-state index contributed by atoms with van der Waals surface area (Å²) in [6.45, 7) is 6.89. The Morgan fingerprint density at radius 1 is 0.969 bits per heavy atom. The van der Waals surface area contributed by atoms with E-state index in [-0.39, 0.29) is 11.5 Å². The van der Waals surface area contributed by atoms with E-state index in [1.54, 1.807) is 24.3 Å². The quantitative estimate of drug-likeness (QED) is 0.282. The number of carbonyl (C=O) groups is 2. The smallest absolute Gasteiger partial charge is 0.267 e. The fourth-order valence-electron chi connectivity index (χ4n) is 2.83. The minimum atomic E-state index is -0.521. The number of ether oxygens (including phenoxy) is 2. The zero-order valence-electron chi connectivity index (χ0n) is 18.5. The van der Waals surface area contributed by atoms with Crippen molar-refractivity contribution < 1.29 is 19.1 Å². The van der Waals surface area contributed by atoms with Crippen molar-refractivity contribution in [2.75, 3.05) is 30.4 Å². The first-order valence-electron chi connectivity index (χ1n) is 10.4. The lowest BCUT2D eigenvalue weighted by Crippen LogP contribution is -2.18. The highest BCUT2D eigenvalue weighted by molar-refractivity contribution is 6.06. The van der Waals surface area contributed by atoms with E-state index in [0.29, 0.717) is 49.1 Å². The number of nitrogens with zero attached hydrogens (tertiary/aromatic N) is 1. The topological polar surface area (TPSA) is 112 Å². The molecule has 168 valence electrons. The van der Waals surface area contributed by atoms with Crippen molar-refractivity contribution in [2.24, 2.45) is 0 Å². The number of rotatable bonds is 11. The van der Waals surface area contributed by atoms with Gasteiger partial charge in [-0.25, -0.2) is 0 Å². The number of hydrogen-bond acceptors (Lipinski definition) is 6. The van der Waals surface area contributed by atoms with Gasteiger partial charge in [-0.3, -0.25) is 9.59 Å². The highest BCUT2D eigenvalue weighted by Crippen LogP contribution is 2.28. The lowest BCUT2D eigenvalue weighted by molar-refractivity contribution is -0.114. The van der Waals surface area contributed by atoms with Crippen LogP contribution in [0.3, 0.4) is 0 Å². The molecule has 2 amide bonds. The molecule has 0 saturated heterocycles. The minimum Gasteiger partial charge on any atom is -0.490 e. The van der Waals surface area contributed by atoms with E-state index in [0.717, 1.165) is 5.56 Å². The van der Waals surface area contributed by atoms with Gasteiger partial charge < -0.3 is 25.4 Å². The number of benzene rings is 2. The van der Waals surface area contributed by atoms with Crippen LogP contribution in [0.1, 0.15) is 26.3 Å². The normalized spacial score (nSPS) is 10.6. The number of hydrogen-bond donors (Lipinski definition) is 3. The van der Waals surface area contributed by atoms with Crippen LogP contribution >= 0.6 is 0 Å². The summed E-state index contributed by atoms with van der Waals surface area (Å²) in [5, 5.41) is 17.6. The third kappa shape index (κ3) is 7.69. The van der Waals surface area contributed by atoms with Crippen LogP contribution in [0.4, 0.5) is 11.4 Å². The Labute approximate surface area is 188 Å². The van der Waals surface area contributed by atoms with E-state index < -0.39 is 5.91 Å². The zero-order chi connectivity index (χ0) is 23.3. The van der Waals surface area contributed by atoms with E-state index in [4.69, 9.17) is 9.47 Å². The summed E-state index contributed by atoms with van der Waals surface area (Å²) in [4.78, 5) is 23.4. The Morgan fingerprint density at radius 2 is 1.59 bits per heavy atom. The summed E-state index contributed by atoms with van der Waals surface area (Å²) in [6, 6.07) is 14.3. The molecular weight excluding hydrogens is 408 g/mol. The van der Waals surface area contributed by atoms with Crippen molar-refractivity contribution >= 4 is 23.2 Å². The van der Waals surface area contributed by atoms with Crippen LogP contribution in [-0.2, 0) is 16.0 Å². The second-order valence-electron chi connectivity index (χ2n) is 6.73. The Morgan fingerprint density at radius 3 is 2.19 bits per heavy atom. The van der Waals surface area contributed by atoms with Crippen LogP contribution < -0.4 is 25.4 Å². The van der Waals surface area contributed by atoms with Gasteiger partial charge in [0.1, 0.15) is 11.6 Å². The molecule has 0 radical (unpaired) electrons. The predicted octanol–water partition coefficient (Wildman–Crippen LogP) is 3.62. The monoisotopic (exact) mass is 436 g/mol.